The van der Waals surface area contributed by atoms with Crippen LogP contribution in [0.3, 0.4) is 0 Å². The van der Waals surface area contributed by atoms with Crippen molar-refractivity contribution >= 4 is 174 Å². The third-order valence-corrected chi connectivity index (χ3v) is 12.1. The summed E-state index contributed by atoms with van der Waals surface area (Å²) in [7, 11) is 24.2. The standard InChI is InChI=1S/C41H40B11N3O/c1-16(43)10-22-20(15-42)12-24(33(48)32(22)47)39-53-40(30-25(45)8-9-27-29(30)23-13-21(44)14-26(46)38(23)56-27)55-41(54-39)31-36(51)34(49)28(35(50)37(31)52)19-7-6-17-4-2-3-5-18(17)11-19/h2-14H,15,42-52H2,1H3/b16-10+. The van der Waals surface area contributed by atoms with Crippen molar-refractivity contribution in [2.24, 2.45) is 0 Å². The van der Waals surface area contributed by atoms with E-state index in [0.717, 1.165) is 55.9 Å². The number of hydrogen-bond acceptors (Lipinski definition) is 4. The lowest BCUT2D eigenvalue weighted by molar-refractivity contribution is 0.671. The maximum Gasteiger partial charge on any atom is 0.164 e. The van der Waals surface area contributed by atoms with Crippen LogP contribution >= 0.6 is 0 Å². The predicted molar refractivity (Wildman–Crippen MR) is 274 cm³/mol. The Bertz CT molecular complexity index is 2960. The number of rotatable bonds is 6. The third kappa shape index (κ3) is 6.24. The second-order valence-corrected chi connectivity index (χ2v) is 16.1. The maximum atomic E-state index is 6.57. The molecule has 0 saturated carbocycles. The normalized spacial score (nSPS) is 11.9. The fourth-order valence-electron chi connectivity index (χ4n) is 8.88. The number of benzene rings is 6. The van der Waals surface area contributed by atoms with Crippen molar-refractivity contribution in [1.82, 2.24) is 15.0 Å². The van der Waals surface area contributed by atoms with E-state index in [9.17, 15) is 0 Å². The van der Waals surface area contributed by atoms with Crippen molar-refractivity contribution in [3.8, 4) is 45.3 Å². The second kappa shape index (κ2) is 14.4. The smallest absolute Gasteiger partial charge is 0.164 e. The molecule has 258 valence electrons. The van der Waals surface area contributed by atoms with E-state index in [1.54, 1.807) is 0 Å². The van der Waals surface area contributed by atoms with Crippen molar-refractivity contribution in [3.05, 3.63) is 89.4 Å². The highest BCUT2D eigenvalue weighted by atomic mass is 16.3. The van der Waals surface area contributed by atoms with E-state index in [-0.39, 0.29) is 0 Å². The lowest BCUT2D eigenvalue weighted by atomic mass is 9.63. The van der Waals surface area contributed by atoms with E-state index in [4.69, 9.17) is 19.4 Å². The maximum absolute atomic E-state index is 6.57. The Balaban J connectivity index is 1.45. The van der Waals surface area contributed by atoms with Crippen molar-refractivity contribution < 1.29 is 4.42 Å². The Morgan fingerprint density at radius 3 is 1.95 bits per heavy atom. The summed E-state index contributed by atoms with van der Waals surface area (Å²) in [5.41, 5.74) is 21.9. The first-order chi connectivity index (χ1) is 26.8. The molecule has 0 spiro atoms. The van der Waals surface area contributed by atoms with Crippen molar-refractivity contribution in [3.63, 3.8) is 0 Å². The number of furan rings is 1. The lowest BCUT2D eigenvalue weighted by Crippen LogP contribution is -2.44. The first-order valence-corrected chi connectivity index (χ1v) is 19.8. The first kappa shape index (κ1) is 37.8. The lowest BCUT2D eigenvalue weighted by Gasteiger charge is -2.23. The molecule has 15 heteroatoms. The molecule has 4 nitrogen and oxygen atoms in total. The average Bonchev–Trinajstić information content (AvgIpc) is 3.54. The number of allylic oxidation sites excluding steroid dienone is 1. The molecular formula is C41H40B11N3O. The highest BCUT2D eigenvalue weighted by Crippen LogP contribution is 2.34. The molecule has 0 aliphatic rings. The van der Waals surface area contributed by atoms with Gasteiger partial charge in [-0.15, -0.1) is 5.47 Å². The van der Waals surface area contributed by atoms with Crippen LogP contribution < -0.4 is 49.2 Å². The van der Waals surface area contributed by atoms with Gasteiger partial charge in [-0.05, 0) is 56.7 Å². The zero-order valence-corrected chi connectivity index (χ0v) is 35.0. The van der Waals surface area contributed by atoms with Gasteiger partial charge < -0.3 is 4.42 Å². The molecule has 0 unspecified atom stereocenters. The van der Waals surface area contributed by atoms with Crippen molar-refractivity contribution in [2.75, 3.05) is 0 Å². The van der Waals surface area contributed by atoms with Crippen molar-refractivity contribution in [2.45, 2.75) is 13.2 Å². The van der Waals surface area contributed by atoms with E-state index in [2.05, 4.69) is 172 Å². The molecule has 0 bridgehead atoms. The highest BCUT2D eigenvalue weighted by Gasteiger charge is 2.24. The van der Waals surface area contributed by atoms with Gasteiger partial charge in [0, 0.05) is 27.5 Å². The number of aromatic nitrogens is 3. The second-order valence-electron chi connectivity index (χ2n) is 16.1. The summed E-state index contributed by atoms with van der Waals surface area (Å²) in [5.74, 6) is 2.04. The molecule has 0 atom stereocenters. The van der Waals surface area contributed by atoms with Gasteiger partial charge >= 0.3 is 0 Å². The largest absolute Gasteiger partial charge is 0.457 e. The summed E-state index contributed by atoms with van der Waals surface area (Å²) < 4.78 is 6.57. The molecule has 2 aromatic heterocycles. The topological polar surface area (TPSA) is 51.8 Å². The van der Waals surface area contributed by atoms with Crippen LogP contribution in [0.25, 0.3) is 84.1 Å². The Kier molecular flexibility index (Phi) is 9.71. The van der Waals surface area contributed by atoms with Crippen LogP contribution in [-0.2, 0) is 6.32 Å². The minimum Gasteiger partial charge on any atom is -0.457 e. The van der Waals surface area contributed by atoms with Gasteiger partial charge in [0.15, 0.2) is 17.5 Å². The summed E-state index contributed by atoms with van der Waals surface area (Å²) in [6, 6.07) is 26.3. The van der Waals surface area contributed by atoms with Gasteiger partial charge in [0.05, 0.1) is 0 Å². The molecule has 0 aliphatic carbocycles. The summed E-state index contributed by atoms with van der Waals surface area (Å²) in [4.78, 5) is 16.3. The van der Waals surface area contributed by atoms with E-state index in [1.807, 2.05) is 0 Å². The molecule has 0 amide bonds. The minimum atomic E-state index is 0.658. The Morgan fingerprint density at radius 2 is 1.27 bits per heavy atom. The molecule has 6 aromatic carbocycles. The van der Waals surface area contributed by atoms with E-state index < -0.39 is 0 Å². The minimum absolute atomic E-state index is 0.658. The number of hydrogen-bond donors (Lipinski definition) is 0. The van der Waals surface area contributed by atoms with Gasteiger partial charge in [-0.1, -0.05) is 118 Å². The van der Waals surface area contributed by atoms with Gasteiger partial charge in [0.2, 0.25) is 0 Å². The molecule has 8 rings (SSSR count). The first-order valence-electron chi connectivity index (χ1n) is 19.8. The number of nitrogens with zero attached hydrogens (tertiary/aromatic N) is 3. The molecule has 0 N–H and O–H groups in total. The Morgan fingerprint density at radius 1 is 0.625 bits per heavy atom. The summed E-state index contributed by atoms with van der Waals surface area (Å²) >= 11 is 0. The number of fused-ring (bicyclic) bond motifs is 4. The van der Waals surface area contributed by atoms with Gasteiger partial charge in [-0.25, -0.2) is 15.0 Å². The van der Waals surface area contributed by atoms with Gasteiger partial charge in [0.25, 0.3) is 0 Å². The van der Waals surface area contributed by atoms with Crippen LogP contribution in [0.5, 0.6) is 0 Å². The molecule has 8 aromatic rings. The monoisotopic (exact) mass is 711 g/mol. The Labute approximate surface area is 340 Å². The van der Waals surface area contributed by atoms with E-state index in [0.29, 0.717) is 17.5 Å². The summed E-state index contributed by atoms with van der Waals surface area (Å²) in [5, 5.41) is 4.62. The Hall–Kier alpha value is -5.16. The summed E-state index contributed by atoms with van der Waals surface area (Å²) in [6.45, 7) is 2.16. The van der Waals surface area contributed by atoms with E-state index >= 15 is 0 Å². The van der Waals surface area contributed by atoms with Gasteiger partial charge in [0.1, 0.15) is 97.5 Å². The van der Waals surface area contributed by atoms with Crippen molar-refractivity contribution in [1.29, 1.82) is 0 Å². The molecule has 0 fully saturated rings. The molecule has 56 heavy (non-hydrogen) atoms. The predicted octanol–water partition coefficient (Wildman–Crippen LogP) is -6.96. The molecule has 0 radical (unpaired) electrons. The fraction of sp³-hybridized carbons (Fsp3) is 0.0488. The zero-order chi connectivity index (χ0) is 39.7. The molecule has 0 saturated heterocycles. The SMILES string of the molecule is BCc1cc(-c2nc(-c3c(B)c(B)c(-c4ccc5ccccc5c4)c(B)c3B)nc(-c3c(B)ccc4oc5c(B)cc(B)cc5c34)n2)c(B)c(B)c1/C=C(/B)C. The fourth-order valence-corrected chi connectivity index (χ4v) is 8.88. The van der Waals surface area contributed by atoms with Crippen LogP contribution in [-0.4, -0.2) is 101 Å². The van der Waals surface area contributed by atoms with Crippen LogP contribution in [0.2, 0.25) is 0 Å². The quantitative estimate of drug-likeness (QED) is 0.161. The molecule has 2 heterocycles. The summed E-state index contributed by atoms with van der Waals surface area (Å²) in [6.07, 6.45) is 3.21. The molecule has 0 aliphatic heterocycles. The third-order valence-electron chi connectivity index (χ3n) is 12.1. The van der Waals surface area contributed by atoms with Crippen LogP contribution in [0, 0.1) is 0 Å². The van der Waals surface area contributed by atoms with E-state index in [1.165, 1.54) is 76.7 Å². The van der Waals surface area contributed by atoms with Crippen LogP contribution in [0.4, 0.5) is 0 Å². The van der Waals surface area contributed by atoms with Gasteiger partial charge in [-0.3, -0.25) is 0 Å². The van der Waals surface area contributed by atoms with Crippen LogP contribution in [0.1, 0.15) is 18.1 Å². The van der Waals surface area contributed by atoms with Gasteiger partial charge in [-0.2, -0.15) is 0 Å². The highest BCUT2D eigenvalue weighted by molar-refractivity contribution is 6.62. The average molecular weight is 710 g/mol. The zero-order valence-electron chi connectivity index (χ0n) is 35.0. The molecular weight excluding hydrogens is 669 g/mol. The van der Waals surface area contributed by atoms with Crippen LogP contribution in [0.15, 0.2) is 82.7 Å².